The molecular formula is C16H11Cl2N3OS. The minimum absolute atomic E-state index is 0.299. The number of hydrogen-bond donors (Lipinski definition) is 1. The number of aromatic nitrogens is 2. The molecule has 0 radical (unpaired) electrons. The normalized spacial score (nSPS) is 10.6. The van der Waals surface area contributed by atoms with E-state index < -0.39 is 0 Å². The van der Waals surface area contributed by atoms with E-state index in [0.717, 1.165) is 11.1 Å². The van der Waals surface area contributed by atoms with Crippen LogP contribution >= 0.6 is 34.5 Å². The van der Waals surface area contributed by atoms with Crippen molar-refractivity contribution in [1.29, 1.82) is 0 Å². The van der Waals surface area contributed by atoms with Crippen LogP contribution in [-0.2, 0) is 0 Å². The van der Waals surface area contributed by atoms with Gasteiger partial charge < -0.3 is 0 Å². The summed E-state index contributed by atoms with van der Waals surface area (Å²) in [6, 6.07) is 12.6. The lowest BCUT2D eigenvalue weighted by atomic mass is 10.1. The van der Waals surface area contributed by atoms with E-state index in [9.17, 15) is 4.79 Å². The van der Waals surface area contributed by atoms with Crippen molar-refractivity contribution >= 4 is 45.6 Å². The zero-order chi connectivity index (χ0) is 16.4. The first kappa shape index (κ1) is 15.9. The number of anilines is 1. The van der Waals surface area contributed by atoms with E-state index in [2.05, 4.69) is 15.5 Å². The van der Waals surface area contributed by atoms with E-state index in [1.807, 2.05) is 25.1 Å². The number of hydrogen-bond acceptors (Lipinski definition) is 4. The van der Waals surface area contributed by atoms with Gasteiger partial charge in [-0.1, -0.05) is 58.8 Å². The van der Waals surface area contributed by atoms with E-state index in [1.54, 1.807) is 24.3 Å². The second-order valence-corrected chi connectivity index (χ2v) is 6.63. The lowest BCUT2D eigenvalue weighted by Gasteiger charge is -2.06. The molecule has 0 saturated carbocycles. The van der Waals surface area contributed by atoms with E-state index in [4.69, 9.17) is 23.2 Å². The Hall–Kier alpha value is -1.95. The van der Waals surface area contributed by atoms with Gasteiger partial charge in [-0.25, -0.2) is 0 Å². The van der Waals surface area contributed by atoms with E-state index in [-0.39, 0.29) is 5.91 Å². The van der Waals surface area contributed by atoms with Crippen molar-refractivity contribution in [3.8, 4) is 10.6 Å². The van der Waals surface area contributed by atoms with Gasteiger partial charge in [0.2, 0.25) is 5.13 Å². The molecule has 0 aliphatic carbocycles. The summed E-state index contributed by atoms with van der Waals surface area (Å²) in [4.78, 5) is 12.4. The number of aryl methyl sites for hydroxylation is 1. The second-order valence-electron chi connectivity index (χ2n) is 4.81. The van der Waals surface area contributed by atoms with Crippen LogP contribution in [0.2, 0.25) is 10.0 Å². The fourth-order valence-electron chi connectivity index (χ4n) is 2.06. The zero-order valence-electron chi connectivity index (χ0n) is 12.0. The first-order valence-corrected chi connectivity index (χ1v) is 8.28. The third kappa shape index (κ3) is 3.52. The average Bonchev–Trinajstić information content (AvgIpc) is 2.96. The minimum atomic E-state index is -0.299. The van der Waals surface area contributed by atoms with Crippen molar-refractivity contribution in [3.63, 3.8) is 0 Å². The minimum Gasteiger partial charge on any atom is -0.296 e. The predicted octanol–water partition coefficient (Wildman–Crippen LogP) is 5.07. The zero-order valence-corrected chi connectivity index (χ0v) is 14.3. The first-order chi connectivity index (χ1) is 11.0. The summed E-state index contributed by atoms with van der Waals surface area (Å²) >= 11 is 13.3. The summed E-state index contributed by atoms with van der Waals surface area (Å²) < 4.78 is 0. The molecule has 23 heavy (non-hydrogen) atoms. The molecule has 0 aliphatic rings. The van der Waals surface area contributed by atoms with Crippen LogP contribution in [-0.4, -0.2) is 16.1 Å². The topological polar surface area (TPSA) is 54.9 Å². The van der Waals surface area contributed by atoms with Crippen LogP contribution in [0, 0.1) is 6.92 Å². The van der Waals surface area contributed by atoms with Crippen LogP contribution in [0.3, 0.4) is 0 Å². The van der Waals surface area contributed by atoms with Crippen LogP contribution in [0.15, 0.2) is 42.5 Å². The maximum atomic E-state index is 12.4. The van der Waals surface area contributed by atoms with Gasteiger partial charge in [0, 0.05) is 10.6 Å². The summed E-state index contributed by atoms with van der Waals surface area (Å²) in [7, 11) is 0. The molecule has 1 aromatic heterocycles. The van der Waals surface area contributed by atoms with Crippen molar-refractivity contribution in [1.82, 2.24) is 10.2 Å². The Morgan fingerprint density at radius 2 is 1.83 bits per heavy atom. The van der Waals surface area contributed by atoms with Crippen LogP contribution in [0.5, 0.6) is 0 Å². The van der Waals surface area contributed by atoms with Crippen molar-refractivity contribution in [2.24, 2.45) is 0 Å². The fourth-order valence-corrected chi connectivity index (χ4v) is 3.24. The van der Waals surface area contributed by atoms with Crippen LogP contribution in [0.4, 0.5) is 5.13 Å². The van der Waals surface area contributed by atoms with Crippen molar-refractivity contribution < 1.29 is 4.79 Å². The molecule has 0 aliphatic heterocycles. The Bertz CT molecular complexity index is 842. The maximum absolute atomic E-state index is 12.4. The summed E-state index contributed by atoms with van der Waals surface area (Å²) in [5.74, 6) is -0.299. The van der Waals surface area contributed by atoms with Gasteiger partial charge in [-0.05, 0) is 30.7 Å². The molecule has 7 heteroatoms. The van der Waals surface area contributed by atoms with Gasteiger partial charge in [0.05, 0.1) is 10.6 Å². The third-order valence-corrected chi connectivity index (χ3v) is 4.64. The Balaban J connectivity index is 1.82. The Morgan fingerprint density at radius 1 is 1.09 bits per heavy atom. The van der Waals surface area contributed by atoms with Crippen molar-refractivity contribution in [2.45, 2.75) is 6.92 Å². The number of amides is 1. The highest BCUT2D eigenvalue weighted by molar-refractivity contribution is 7.18. The molecule has 0 spiro atoms. The summed E-state index contributed by atoms with van der Waals surface area (Å²) in [5, 5.41) is 13.0. The molecule has 4 nitrogen and oxygen atoms in total. The molecule has 0 unspecified atom stereocenters. The van der Waals surface area contributed by atoms with Gasteiger partial charge in [-0.3, -0.25) is 10.1 Å². The molecular weight excluding hydrogens is 353 g/mol. The lowest BCUT2D eigenvalue weighted by Crippen LogP contribution is -2.13. The van der Waals surface area contributed by atoms with Gasteiger partial charge in [0.15, 0.2) is 0 Å². The Labute approximate surface area is 147 Å². The Kier molecular flexibility index (Phi) is 4.61. The molecule has 2 aromatic carbocycles. The smallest absolute Gasteiger partial charge is 0.259 e. The van der Waals surface area contributed by atoms with E-state index in [1.165, 1.54) is 11.3 Å². The highest BCUT2D eigenvalue weighted by Gasteiger charge is 2.15. The second kappa shape index (κ2) is 6.66. The average molecular weight is 364 g/mol. The molecule has 1 heterocycles. The number of nitrogens with one attached hydrogen (secondary N) is 1. The summed E-state index contributed by atoms with van der Waals surface area (Å²) in [6.45, 7) is 1.83. The molecule has 0 atom stereocenters. The van der Waals surface area contributed by atoms with Gasteiger partial charge in [0.1, 0.15) is 5.01 Å². The molecule has 3 rings (SSSR count). The molecule has 1 N–H and O–H groups in total. The van der Waals surface area contributed by atoms with Crippen molar-refractivity contribution in [2.75, 3.05) is 5.32 Å². The molecule has 116 valence electrons. The predicted molar refractivity (Wildman–Crippen MR) is 94.5 cm³/mol. The number of nitrogens with zero attached hydrogens (tertiary/aromatic N) is 2. The van der Waals surface area contributed by atoms with Crippen LogP contribution in [0.25, 0.3) is 10.6 Å². The van der Waals surface area contributed by atoms with E-state index >= 15 is 0 Å². The molecule has 3 aromatic rings. The largest absolute Gasteiger partial charge is 0.296 e. The Morgan fingerprint density at radius 3 is 2.52 bits per heavy atom. The number of benzene rings is 2. The molecule has 0 fully saturated rings. The van der Waals surface area contributed by atoms with Gasteiger partial charge in [-0.2, -0.15) is 0 Å². The van der Waals surface area contributed by atoms with Gasteiger partial charge in [0.25, 0.3) is 5.91 Å². The fraction of sp³-hybridized carbons (Fsp3) is 0.0625. The standard InChI is InChI=1S/C16H11Cl2N3OS/c1-9-3-2-4-12(18)13(9)14(22)19-16-21-20-15(23-16)10-5-7-11(17)8-6-10/h2-8H,1H3,(H,19,21,22). The lowest BCUT2D eigenvalue weighted by molar-refractivity contribution is 0.102. The SMILES string of the molecule is Cc1cccc(Cl)c1C(=O)Nc1nnc(-c2ccc(Cl)cc2)s1. The third-order valence-electron chi connectivity index (χ3n) is 3.19. The van der Waals surface area contributed by atoms with Crippen LogP contribution < -0.4 is 5.32 Å². The summed E-state index contributed by atoms with van der Waals surface area (Å²) in [5.41, 5.74) is 2.14. The highest BCUT2D eigenvalue weighted by Crippen LogP contribution is 2.28. The quantitative estimate of drug-likeness (QED) is 0.706. The number of halogens is 2. The monoisotopic (exact) mass is 363 g/mol. The highest BCUT2D eigenvalue weighted by atomic mass is 35.5. The maximum Gasteiger partial charge on any atom is 0.259 e. The first-order valence-electron chi connectivity index (χ1n) is 6.70. The molecule has 0 bridgehead atoms. The van der Waals surface area contributed by atoms with Crippen LogP contribution in [0.1, 0.15) is 15.9 Å². The number of carbonyl (C=O) groups is 1. The number of rotatable bonds is 3. The molecule has 1 amide bonds. The molecule has 0 saturated heterocycles. The van der Waals surface area contributed by atoms with Gasteiger partial charge in [-0.15, -0.1) is 10.2 Å². The van der Waals surface area contributed by atoms with Gasteiger partial charge >= 0.3 is 0 Å². The summed E-state index contributed by atoms with van der Waals surface area (Å²) in [6.07, 6.45) is 0. The van der Waals surface area contributed by atoms with E-state index in [0.29, 0.717) is 25.7 Å². The van der Waals surface area contributed by atoms with Crippen molar-refractivity contribution in [3.05, 3.63) is 63.6 Å². The number of carbonyl (C=O) groups excluding carboxylic acids is 1.